The molecule has 1 N–H and O–H groups in total. The highest BCUT2D eigenvalue weighted by Crippen LogP contribution is 2.31. The molecule has 0 saturated carbocycles. The molecule has 3 aliphatic rings. The summed E-state index contributed by atoms with van der Waals surface area (Å²) in [5.41, 5.74) is 2.20. The van der Waals surface area contributed by atoms with Crippen molar-refractivity contribution in [2.24, 2.45) is 5.92 Å². The van der Waals surface area contributed by atoms with E-state index in [0.717, 1.165) is 34.5 Å². The van der Waals surface area contributed by atoms with Gasteiger partial charge in [-0.1, -0.05) is 35.9 Å². The lowest BCUT2D eigenvalue weighted by atomic mass is 9.84. The number of rotatable bonds is 8. The van der Waals surface area contributed by atoms with Gasteiger partial charge in [0.05, 0.1) is 6.61 Å². The first-order valence-corrected chi connectivity index (χ1v) is 10.7. The van der Waals surface area contributed by atoms with Crippen molar-refractivity contribution >= 4 is 11.6 Å². The van der Waals surface area contributed by atoms with Crippen LogP contribution in [0.25, 0.3) is 0 Å². The highest BCUT2D eigenvalue weighted by atomic mass is 35.5. The van der Waals surface area contributed by atoms with Crippen molar-refractivity contribution in [3.63, 3.8) is 0 Å². The number of nitrogens with zero attached hydrogens (tertiary/aromatic N) is 1. The molecule has 1 atom stereocenters. The summed E-state index contributed by atoms with van der Waals surface area (Å²) >= 11 is 6.24. The minimum absolute atomic E-state index is 0.428. The summed E-state index contributed by atoms with van der Waals surface area (Å²) in [6.07, 6.45) is 2.66. The van der Waals surface area contributed by atoms with Crippen molar-refractivity contribution in [1.82, 2.24) is 10.2 Å². The second kappa shape index (κ2) is 9.17. The summed E-state index contributed by atoms with van der Waals surface area (Å²) in [4.78, 5) is 2.58. The van der Waals surface area contributed by atoms with Gasteiger partial charge in [-0.2, -0.15) is 0 Å². The summed E-state index contributed by atoms with van der Waals surface area (Å²) in [5.74, 6) is 2.38. The molecule has 0 amide bonds. The van der Waals surface area contributed by atoms with Crippen molar-refractivity contribution in [3.05, 3.63) is 58.6 Å². The Morgan fingerprint density at radius 3 is 2.61 bits per heavy atom. The van der Waals surface area contributed by atoms with E-state index in [1.807, 2.05) is 37.3 Å². The van der Waals surface area contributed by atoms with Crippen molar-refractivity contribution < 1.29 is 9.47 Å². The predicted molar refractivity (Wildman–Crippen MR) is 113 cm³/mol. The zero-order valence-corrected chi connectivity index (χ0v) is 17.3. The first-order valence-electron chi connectivity index (χ1n) is 10.3. The van der Waals surface area contributed by atoms with Crippen molar-refractivity contribution in [2.45, 2.75) is 39.0 Å². The lowest BCUT2D eigenvalue weighted by molar-refractivity contribution is 0.0720. The van der Waals surface area contributed by atoms with Gasteiger partial charge in [0.15, 0.2) is 11.5 Å². The van der Waals surface area contributed by atoms with Crippen LogP contribution in [0.15, 0.2) is 42.5 Å². The van der Waals surface area contributed by atoms with Crippen LogP contribution in [0.4, 0.5) is 0 Å². The Balaban J connectivity index is 1.39. The largest absolute Gasteiger partial charge is 0.490 e. The second-order valence-corrected chi connectivity index (χ2v) is 8.13. The van der Waals surface area contributed by atoms with E-state index >= 15 is 0 Å². The summed E-state index contributed by atoms with van der Waals surface area (Å²) in [7, 11) is 0. The normalized spacial score (nSPS) is 23.6. The van der Waals surface area contributed by atoms with Gasteiger partial charge < -0.3 is 19.7 Å². The number of benzene rings is 2. The van der Waals surface area contributed by atoms with Gasteiger partial charge >= 0.3 is 0 Å². The fourth-order valence-corrected chi connectivity index (χ4v) is 4.46. The fourth-order valence-electron chi connectivity index (χ4n) is 4.27. The molecule has 0 aliphatic carbocycles. The average molecular weight is 401 g/mol. The molecule has 2 aromatic rings. The van der Waals surface area contributed by atoms with Gasteiger partial charge in [-0.25, -0.2) is 0 Å². The molecule has 0 spiro atoms. The van der Waals surface area contributed by atoms with Crippen LogP contribution >= 0.6 is 11.6 Å². The molecule has 150 valence electrons. The van der Waals surface area contributed by atoms with Gasteiger partial charge in [0, 0.05) is 29.7 Å². The van der Waals surface area contributed by atoms with Crippen LogP contribution < -0.4 is 14.8 Å². The van der Waals surface area contributed by atoms with E-state index in [1.165, 1.54) is 38.0 Å². The van der Waals surface area contributed by atoms with Crippen molar-refractivity contribution in [1.29, 1.82) is 0 Å². The standard InChI is InChI=1S/C23H29ClN2O2/c1-2-27-23-13-17(14-25-21-15-26-11-9-18(21)10-12-26)7-8-22(23)28-16-19-5-3-4-6-20(19)24/h3-8,13,18,21,25H,2,9-12,14-16H2,1H3/t21-/m1/s1. The van der Waals surface area contributed by atoms with Gasteiger partial charge in [-0.15, -0.1) is 0 Å². The molecule has 4 nitrogen and oxygen atoms in total. The van der Waals surface area contributed by atoms with E-state index in [-0.39, 0.29) is 0 Å². The molecule has 28 heavy (non-hydrogen) atoms. The van der Waals surface area contributed by atoms with Gasteiger partial charge in [0.1, 0.15) is 6.61 Å². The summed E-state index contributed by atoms with van der Waals surface area (Å²) in [6, 6.07) is 14.6. The Kier molecular flexibility index (Phi) is 6.40. The number of hydrogen-bond acceptors (Lipinski definition) is 4. The maximum Gasteiger partial charge on any atom is 0.161 e. The number of fused-ring (bicyclic) bond motifs is 3. The molecule has 3 heterocycles. The third-order valence-corrected chi connectivity index (χ3v) is 6.24. The number of halogens is 1. The Bertz CT molecular complexity index is 790. The number of nitrogens with one attached hydrogen (secondary N) is 1. The van der Waals surface area contributed by atoms with E-state index in [2.05, 4.69) is 22.3 Å². The Labute approximate surface area is 172 Å². The molecule has 3 saturated heterocycles. The minimum Gasteiger partial charge on any atom is -0.490 e. The quantitative estimate of drug-likeness (QED) is 0.707. The van der Waals surface area contributed by atoms with Crippen LogP contribution in [-0.2, 0) is 13.2 Å². The molecular weight excluding hydrogens is 372 g/mol. The van der Waals surface area contributed by atoms with Gasteiger partial charge in [0.2, 0.25) is 0 Å². The fraction of sp³-hybridized carbons (Fsp3) is 0.478. The van der Waals surface area contributed by atoms with Crippen LogP contribution in [0.3, 0.4) is 0 Å². The molecule has 3 aliphatic heterocycles. The number of hydrogen-bond donors (Lipinski definition) is 1. The molecular formula is C23H29ClN2O2. The van der Waals surface area contributed by atoms with Crippen LogP contribution in [-0.4, -0.2) is 37.2 Å². The number of piperidine rings is 3. The van der Waals surface area contributed by atoms with Gasteiger partial charge in [-0.05, 0) is 62.5 Å². The van der Waals surface area contributed by atoms with Crippen LogP contribution in [0.1, 0.15) is 30.9 Å². The van der Waals surface area contributed by atoms with E-state index in [0.29, 0.717) is 19.3 Å². The van der Waals surface area contributed by atoms with E-state index in [1.54, 1.807) is 0 Å². The molecule has 5 heteroatoms. The smallest absolute Gasteiger partial charge is 0.161 e. The monoisotopic (exact) mass is 400 g/mol. The zero-order valence-electron chi connectivity index (χ0n) is 16.5. The minimum atomic E-state index is 0.428. The summed E-state index contributed by atoms with van der Waals surface area (Å²) < 4.78 is 11.9. The molecule has 3 fully saturated rings. The van der Waals surface area contributed by atoms with E-state index < -0.39 is 0 Å². The molecule has 0 aromatic heterocycles. The van der Waals surface area contributed by atoms with Crippen LogP contribution in [0.2, 0.25) is 5.02 Å². The van der Waals surface area contributed by atoms with E-state index in [9.17, 15) is 0 Å². The molecule has 0 unspecified atom stereocenters. The third kappa shape index (κ3) is 4.62. The SMILES string of the molecule is CCOc1cc(CN[C@@H]2CN3CCC2CC3)ccc1OCc1ccccc1Cl. The maximum atomic E-state index is 6.24. The first kappa shape index (κ1) is 19.6. The topological polar surface area (TPSA) is 33.7 Å². The highest BCUT2D eigenvalue weighted by molar-refractivity contribution is 6.31. The Hall–Kier alpha value is -1.75. The van der Waals surface area contributed by atoms with Gasteiger partial charge in [-0.3, -0.25) is 0 Å². The maximum absolute atomic E-state index is 6.24. The Morgan fingerprint density at radius 1 is 1.07 bits per heavy atom. The highest BCUT2D eigenvalue weighted by Gasteiger charge is 2.33. The molecule has 2 bridgehead atoms. The molecule has 2 aromatic carbocycles. The van der Waals surface area contributed by atoms with Crippen molar-refractivity contribution in [3.8, 4) is 11.5 Å². The summed E-state index contributed by atoms with van der Waals surface area (Å²) in [6.45, 7) is 7.62. The predicted octanol–water partition coefficient (Wildman–Crippen LogP) is 4.50. The van der Waals surface area contributed by atoms with Crippen LogP contribution in [0, 0.1) is 5.92 Å². The lowest BCUT2D eigenvalue weighted by Gasteiger charge is -2.45. The first-order chi connectivity index (χ1) is 13.7. The molecule has 0 radical (unpaired) electrons. The average Bonchev–Trinajstić information content (AvgIpc) is 2.74. The lowest BCUT2D eigenvalue weighted by Crippen LogP contribution is -2.55. The second-order valence-electron chi connectivity index (χ2n) is 7.72. The van der Waals surface area contributed by atoms with E-state index in [4.69, 9.17) is 21.1 Å². The zero-order chi connectivity index (χ0) is 19.3. The van der Waals surface area contributed by atoms with Crippen LogP contribution in [0.5, 0.6) is 11.5 Å². The number of ether oxygens (including phenoxy) is 2. The van der Waals surface area contributed by atoms with Crippen molar-refractivity contribution in [2.75, 3.05) is 26.2 Å². The summed E-state index contributed by atoms with van der Waals surface area (Å²) in [5, 5.41) is 4.49. The third-order valence-electron chi connectivity index (χ3n) is 5.87. The Morgan fingerprint density at radius 2 is 1.89 bits per heavy atom. The molecule has 5 rings (SSSR count). The van der Waals surface area contributed by atoms with Gasteiger partial charge in [0.25, 0.3) is 0 Å².